The van der Waals surface area contributed by atoms with Crippen LogP contribution in [0.3, 0.4) is 0 Å². The largest absolute Gasteiger partial charge is 0.490 e. The van der Waals surface area contributed by atoms with Crippen LogP contribution in [0, 0.1) is 24.2 Å². The summed E-state index contributed by atoms with van der Waals surface area (Å²) in [6.45, 7) is 6.61. The predicted molar refractivity (Wildman–Crippen MR) is 78.8 cm³/mol. The molecule has 0 amide bonds. The summed E-state index contributed by atoms with van der Waals surface area (Å²) in [6, 6.07) is 5.87. The van der Waals surface area contributed by atoms with E-state index in [1.54, 1.807) is 0 Å². The van der Waals surface area contributed by atoms with Crippen LogP contribution in [0.25, 0.3) is 0 Å². The van der Waals surface area contributed by atoms with E-state index in [0.717, 1.165) is 30.1 Å². The topological polar surface area (TPSA) is 59.1 Å². The molecule has 1 saturated carbocycles. The Morgan fingerprint density at radius 3 is 2.63 bits per heavy atom. The van der Waals surface area contributed by atoms with E-state index < -0.39 is 0 Å². The van der Waals surface area contributed by atoms with Crippen molar-refractivity contribution in [3.8, 4) is 5.75 Å². The zero-order chi connectivity index (χ0) is 14.0. The molecule has 0 aromatic heterocycles. The van der Waals surface area contributed by atoms with Gasteiger partial charge in [0.1, 0.15) is 11.6 Å². The number of ether oxygens (including phenoxy) is 1. The standard InChI is InChI=1S/C16H24N2O/c1-10-4-7-15(14(8-10)16(17)18)19-13-6-5-11(2)12(3)9-13/h4,7-8,11-13H,5-6,9H2,1-3H3,(H3,17,18). The predicted octanol–water partition coefficient (Wildman–Crippen LogP) is 3.48. The highest BCUT2D eigenvalue weighted by atomic mass is 16.5. The molecule has 2 rings (SSSR count). The molecule has 3 atom stereocenters. The smallest absolute Gasteiger partial charge is 0.130 e. The molecule has 3 heteroatoms. The highest BCUT2D eigenvalue weighted by Gasteiger charge is 2.26. The highest BCUT2D eigenvalue weighted by Crippen LogP contribution is 2.32. The molecule has 1 aromatic rings. The zero-order valence-corrected chi connectivity index (χ0v) is 12.1. The van der Waals surface area contributed by atoms with Gasteiger partial charge in [0.2, 0.25) is 0 Å². The van der Waals surface area contributed by atoms with Crippen molar-refractivity contribution < 1.29 is 4.74 Å². The first-order valence-electron chi connectivity index (χ1n) is 7.09. The van der Waals surface area contributed by atoms with Gasteiger partial charge in [-0.15, -0.1) is 0 Å². The minimum absolute atomic E-state index is 0.0796. The van der Waals surface area contributed by atoms with E-state index in [9.17, 15) is 0 Å². The van der Waals surface area contributed by atoms with Gasteiger partial charge >= 0.3 is 0 Å². The Kier molecular flexibility index (Phi) is 4.13. The number of amidine groups is 1. The van der Waals surface area contributed by atoms with Crippen LogP contribution in [0.4, 0.5) is 0 Å². The first kappa shape index (κ1) is 13.9. The van der Waals surface area contributed by atoms with Gasteiger partial charge in [-0.25, -0.2) is 0 Å². The van der Waals surface area contributed by atoms with Gasteiger partial charge < -0.3 is 10.5 Å². The number of nitrogens with one attached hydrogen (secondary N) is 1. The van der Waals surface area contributed by atoms with Crippen molar-refractivity contribution in [2.45, 2.75) is 46.1 Å². The van der Waals surface area contributed by atoms with Gasteiger partial charge in [-0.05, 0) is 50.2 Å². The van der Waals surface area contributed by atoms with Crippen LogP contribution in [0.15, 0.2) is 18.2 Å². The Morgan fingerprint density at radius 1 is 1.26 bits per heavy atom. The van der Waals surface area contributed by atoms with E-state index in [1.807, 2.05) is 25.1 Å². The fourth-order valence-corrected chi connectivity index (χ4v) is 2.74. The molecule has 0 aliphatic heterocycles. The molecule has 0 heterocycles. The Morgan fingerprint density at radius 2 is 2.00 bits per heavy atom. The van der Waals surface area contributed by atoms with Crippen LogP contribution in [-0.2, 0) is 0 Å². The molecule has 3 N–H and O–H groups in total. The fourth-order valence-electron chi connectivity index (χ4n) is 2.74. The molecular weight excluding hydrogens is 236 g/mol. The summed E-state index contributed by atoms with van der Waals surface area (Å²) in [5.74, 6) is 2.32. The monoisotopic (exact) mass is 260 g/mol. The van der Waals surface area contributed by atoms with E-state index >= 15 is 0 Å². The quantitative estimate of drug-likeness (QED) is 0.645. The maximum atomic E-state index is 7.66. The second-order valence-corrected chi connectivity index (χ2v) is 5.92. The number of nitrogens with two attached hydrogens (primary N) is 1. The van der Waals surface area contributed by atoms with Gasteiger partial charge in [-0.3, -0.25) is 5.41 Å². The average molecular weight is 260 g/mol. The second kappa shape index (κ2) is 5.64. The zero-order valence-electron chi connectivity index (χ0n) is 12.1. The number of rotatable bonds is 3. The molecule has 1 fully saturated rings. The van der Waals surface area contributed by atoms with Crippen molar-refractivity contribution in [1.82, 2.24) is 0 Å². The number of aryl methyl sites for hydroxylation is 1. The third-order valence-electron chi connectivity index (χ3n) is 4.27. The normalized spacial score (nSPS) is 27.0. The van der Waals surface area contributed by atoms with E-state index in [1.165, 1.54) is 6.42 Å². The van der Waals surface area contributed by atoms with Gasteiger partial charge in [0, 0.05) is 0 Å². The number of benzene rings is 1. The Balaban J connectivity index is 2.13. The molecule has 1 aliphatic rings. The van der Waals surface area contributed by atoms with E-state index in [4.69, 9.17) is 15.9 Å². The summed E-state index contributed by atoms with van der Waals surface area (Å²) in [5, 5.41) is 7.66. The van der Waals surface area contributed by atoms with Gasteiger partial charge in [-0.1, -0.05) is 25.5 Å². The molecule has 0 spiro atoms. The lowest BCUT2D eigenvalue weighted by Crippen LogP contribution is -2.29. The summed E-state index contributed by atoms with van der Waals surface area (Å²) < 4.78 is 6.10. The van der Waals surface area contributed by atoms with Gasteiger partial charge in [0.15, 0.2) is 0 Å². The van der Waals surface area contributed by atoms with Crippen molar-refractivity contribution in [3.05, 3.63) is 29.3 Å². The summed E-state index contributed by atoms with van der Waals surface area (Å²) in [5.41, 5.74) is 7.46. The lowest BCUT2D eigenvalue weighted by molar-refractivity contribution is 0.100. The molecule has 0 bridgehead atoms. The van der Waals surface area contributed by atoms with Crippen molar-refractivity contribution in [2.24, 2.45) is 17.6 Å². The Hall–Kier alpha value is -1.51. The maximum absolute atomic E-state index is 7.66. The first-order chi connectivity index (χ1) is 8.97. The SMILES string of the molecule is Cc1ccc(OC2CCC(C)C(C)C2)c(C(=N)N)c1. The van der Waals surface area contributed by atoms with Crippen LogP contribution >= 0.6 is 0 Å². The minimum atomic E-state index is 0.0796. The van der Waals surface area contributed by atoms with Crippen molar-refractivity contribution in [3.63, 3.8) is 0 Å². The fraction of sp³-hybridized carbons (Fsp3) is 0.562. The maximum Gasteiger partial charge on any atom is 0.130 e. The number of hydrogen-bond donors (Lipinski definition) is 2. The van der Waals surface area contributed by atoms with E-state index in [-0.39, 0.29) is 11.9 Å². The average Bonchev–Trinajstić information content (AvgIpc) is 2.36. The van der Waals surface area contributed by atoms with Crippen molar-refractivity contribution in [2.75, 3.05) is 0 Å². The Bertz CT molecular complexity index is 470. The molecule has 3 nitrogen and oxygen atoms in total. The molecule has 3 unspecified atom stereocenters. The van der Waals surface area contributed by atoms with Crippen LogP contribution in [0.1, 0.15) is 44.2 Å². The number of nitrogen functional groups attached to an aromatic ring is 1. The van der Waals surface area contributed by atoms with Crippen LogP contribution in [0.2, 0.25) is 0 Å². The molecule has 1 aliphatic carbocycles. The minimum Gasteiger partial charge on any atom is -0.490 e. The molecular formula is C16H24N2O. The molecule has 104 valence electrons. The van der Waals surface area contributed by atoms with Crippen molar-refractivity contribution >= 4 is 5.84 Å². The highest BCUT2D eigenvalue weighted by molar-refractivity contribution is 5.97. The lowest BCUT2D eigenvalue weighted by atomic mass is 9.80. The van der Waals surface area contributed by atoms with Gasteiger partial charge in [-0.2, -0.15) is 0 Å². The summed E-state index contributed by atoms with van der Waals surface area (Å²) in [7, 11) is 0. The summed E-state index contributed by atoms with van der Waals surface area (Å²) in [4.78, 5) is 0. The van der Waals surface area contributed by atoms with Crippen LogP contribution in [0.5, 0.6) is 5.75 Å². The van der Waals surface area contributed by atoms with Gasteiger partial charge in [0.05, 0.1) is 11.7 Å². The Labute approximate surface area is 115 Å². The number of hydrogen-bond acceptors (Lipinski definition) is 2. The van der Waals surface area contributed by atoms with Gasteiger partial charge in [0.25, 0.3) is 0 Å². The van der Waals surface area contributed by atoms with Crippen LogP contribution < -0.4 is 10.5 Å². The molecule has 0 radical (unpaired) electrons. The summed E-state index contributed by atoms with van der Waals surface area (Å²) in [6.07, 6.45) is 3.66. The van der Waals surface area contributed by atoms with E-state index in [0.29, 0.717) is 11.5 Å². The third kappa shape index (κ3) is 3.28. The van der Waals surface area contributed by atoms with Crippen LogP contribution in [-0.4, -0.2) is 11.9 Å². The summed E-state index contributed by atoms with van der Waals surface area (Å²) >= 11 is 0. The third-order valence-corrected chi connectivity index (χ3v) is 4.27. The van der Waals surface area contributed by atoms with Crippen molar-refractivity contribution in [1.29, 1.82) is 5.41 Å². The second-order valence-electron chi connectivity index (χ2n) is 5.92. The van der Waals surface area contributed by atoms with E-state index in [2.05, 4.69) is 13.8 Å². The molecule has 19 heavy (non-hydrogen) atoms. The molecule has 1 aromatic carbocycles. The lowest BCUT2D eigenvalue weighted by Gasteiger charge is -2.32. The molecule has 0 saturated heterocycles. The first-order valence-corrected chi connectivity index (χ1v) is 7.09.